The number of hydrogen-bond donors (Lipinski definition) is 2. The van der Waals surface area contributed by atoms with Crippen molar-refractivity contribution in [1.29, 1.82) is 0 Å². The Morgan fingerprint density at radius 2 is 2.04 bits per heavy atom. The minimum atomic E-state index is -0.120. The monoisotopic (exact) mass is 402 g/mol. The Labute approximate surface area is 164 Å². The van der Waals surface area contributed by atoms with E-state index in [0.29, 0.717) is 11.8 Å². The Morgan fingerprint density at radius 1 is 1.19 bits per heavy atom. The molecule has 26 heavy (non-hydrogen) atoms. The van der Waals surface area contributed by atoms with Gasteiger partial charge in [0.25, 0.3) is 0 Å². The highest BCUT2D eigenvalue weighted by molar-refractivity contribution is 8.01. The van der Waals surface area contributed by atoms with Gasteiger partial charge >= 0.3 is 0 Å². The van der Waals surface area contributed by atoms with Crippen molar-refractivity contribution in [2.24, 2.45) is 0 Å². The number of nitrogens with zero attached hydrogens (tertiary/aromatic N) is 2. The Balaban J connectivity index is 1.36. The van der Waals surface area contributed by atoms with E-state index in [2.05, 4.69) is 26.9 Å². The van der Waals surface area contributed by atoms with Crippen LogP contribution in [-0.2, 0) is 4.79 Å². The molecule has 1 saturated carbocycles. The molecule has 1 atom stereocenters. The van der Waals surface area contributed by atoms with E-state index in [1.54, 1.807) is 11.3 Å². The van der Waals surface area contributed by atoms with Gasteiger partial charge in [-0.2, -0.15) is 0 Å². The molecule has 2 aromatic heterocycles. The molecule has 1 aliphatic carbocycles. The van der Waals surface area contributed by atoms with Crippen molar-refractivity contribution in [3.05, 3.63) is 58.3 Å². The lowest BCUT2D eigenvalue weighted by atomic mass is 10.1. The number of anilines is 1. The van der Waals surface area contributed by atoms with E-state index in [9.17, 15) is 4.79 Å². The van der Waals surface area contributed by atoms with Gasteiger partial charge in [-0.15, -0.1) is 21.5 Å². The summed E-state index contributed by atoms with van der Waals surface area (Å²) in [5.41, 5.74) is 1.08. The third-order valence-electron chi connectivity index (χ3n) is 3.90. The molecule has 2 N–H and O–H groups in total. The fourth-order valence-corrected chi connectivity index (χ4v) is 4.92. The van der Waals surface area contributed by atoms with Gasteiger partial charge in [0, 0.05) is 10.9 Å². The largest absolute Gasteiger partial charge is 0.357 e. The fourth-order valence-electron chi connectivity index (χ4n) is 2.48. The molecule has 5 nitrogen and oxygen atoms in total. The first-order chi connectivity index (χ1) is 12.8. The molecule has 2 heterocycles. The Bertz CT molecular complexity index is 846. The molecule has 8 heteroatoms. The van der Waals surface area contributed by atoms with Gasteiger partial charge in [0.2, 0.25) is 11.0 Å². The van der Waals surface area contributed by atoms with Crippen LogP contribution in [0.4, 0.5) is 5.13 Å². The maximum atomic E-state index is 12.5. The first-order valence-corrected chi connectivity index (χ1v) is 11.1. The van der Waals surface area contributed by atoms with E-state index in [4.69, 9.17) is 0 Å². The summed E-state index contributed by atoms with van der Waals surface area (Å²) in [6.45, 7) is 0. The van der Waals surface area contributed by atoms with Gasteiger partial charge in [-0.3, -0.25) is 4.79 Å². The first kappa shape index (κ1) is 17.5. The highest BCUT2D eigenvalue weighted by Crippen LogP contribution is 2.30. The van der Waals surface area contributed by atoms with Gasteiger partial charge in [0.05, 0.1) is 11.8 Å². The Morgan fingerprint density at radius 3 is 2.77 bits per heavy atom. The standard InChI is InChI=1S/C18H18N4OS3/c23-15(11-25-18-22-21-17(26-18)19-13-8-9-13)20-16(14-7-4-10-24-14)12-5-2-1-3-6-12/h1-7,10,13,16H,8-9,11H2,(H,19,21)(H,20,23). The van der Waals surface area contributed by atoms with Crippen LogP contribution >= 0.6 is 34.4 Å². The molecule has 0 aliphatic heterocycles. The molecule has 4 rings (SSSR count). The number of nitrogens with one attached hydrogen (secondary N) is 2. The molecule has 0 radical (unpaired) electrons. The van der Waals surface area contributed by atoms with Gasteiger partial charge in [0.15, 0.2) is 4.34 Å². The first-order valence-electron chi connectivity index (χ1n) is 8.38. The molecule has 1 aliphatic rings. The van der Waals surface area contributed by atoms with Crippen LogP contribution in [0.2, 0.25) is 0 Å². The maximum absolute atomic E-state index is 12.5. The lowest BCUT2D eigenvalue weighted by Crippen LogP contribution is -2.30. The molecule has 0 bridgehead atoms. The average Bonchev–Trinajstić information content (AvgIpc) is 3.12. The smallest absolute Gasteiger partial charge is 0.231 e. The van der Waals surface area contributed by atoms with Crippen molar-refractivity contribution in [2.45, 2.75) is 29.3 Å². The van der Waals surface area contributed by atoms with E-state index in [-0.39, 0.29) is 11.9 Å². The Kier molecular flexibility index (Phi) is 5.52. The number of carbonyl (C=O) groups is 1. The zero-order chi connectivity index (χ0) is 17.8. The number of hydrogen-bond acceptors (Lipinski definition) is 7. The van der Waals surface area contributed by atoms with Crippen molar-refractivity contribution >= 4 is 45.5 Å². The molecule has 0 saturated heterocycles. The van der Waals surface area contributed by atoms with Crippen LogP contribution in [0.1, 0.15) is 29.3 Å². The van der Waals surface area contributed by atoms with E-state index in [0.717, 1.165) is 19.9 Å². The number of thioether (sulfide) groups is 1. The van der Waals surface area contributed by atoms with Crippen LogP contribution in [0.3, 0.4) is 0 Å². The third-order valence-corrected chi connectivity index (χ3v) is 6.83. The van der Waals surface area contributed by atoms with E-state index in [1.165, 1.54) is 35.9 Å². The summed E-state index contributed by atoms with van der Waals surface area (Å²) in [5, 5.41) is 17.6. The average molecular weight is 403 g/mol. The topological polar surface area (TPSA) is 66.9 Å². The van der Waals surface area contributed by atoms with Gasteiger partial charge in [-0.05, 0) is 29.9 Å². The van der Waals surface area contributed by atoms with Gasteiger partial charge < -0.3 is 10.6 Å². The summed E-state index contributed by atoms with van der Waals surface area (Å²) in [5.74, 6) is 0.316. The molecule has 1 fully saturated rings. The summed E-state index contributed by atoms with van der Waals surface area (Å²) >= 11 is 4.58. The van der Waals surface area contributed by atoms with Crippen LogP contribution < -0.4 is 10.6 Å². The molecule has 0 spiro atoms. The molecule has 3 aromatic rings. The molecular formula is C18H18N4OS3. The van der Waals surface area contributed by atoms with Crippen molar-refractivity contribution < 1.29 is 4.79 Å². The van der Waals surface area contributed by atoms with E-state index < -0.39 is 0 Å². The molecular weight excluding hydrogens is 384 g/mol. The third kappa shape index (κ3) is 4.63. The van der Waals surface area contributed by atoms with Crippen molar-refractivity contribution in [3.63, 3.8) is 0 Å². The lowest BCUT2D eigenvalue weighted by Gasteiger charge is -2.17. The highest BCUT2D eigenvalue weighted by Gasteiger charge is 2.23. The highest BCUT2D eigenvalue weighted by atomic mass is 32.2. The number of thiophene rings is 1. The summed E-state index contributed by atoms with van der Waals surface area (Å²) < 4.78 is 0.815. The number of carbonyl (C=O) groups excluding carboxylic acids is 1. The predicted octanol–water partition coefficient (Wildman–Crippen LogP) is 4.17. The molecule has 1 unspecified atom stereocenters. The van der Waals surface area contributed by atoms with Crippen LogP contribution in [0.5, 0.6) is 0 Å². The van der Waals surface area contributed by atoms with Crippen LogP contribution in [-0.4, -0.2) is 27.9 Å². The number of rotatable bonds is 8. The van der Waals surface area contributed by atoms with E-state index >= 15 is 0 Å². The summed E-state index contributed by atoms with van der Waals surface area (Å²) in [4.78, 5) is 13.6. The van der Waals surface area contributed by atoms with Crippen molar-refractivity contribution in [1.82, 2.24) is 15.5 Å². The SMILES string of the molecule is O=C(CSc1nnc(NC2CC2)s1)NC(c1ccccc1)c1cccs1. The molecule has 134 valence electrons. The normalized spacial score (nSPS) is 14.8. The van der Waals surface area contributed by atoms with Crippen molar-refractivity contribution in [3.8, 4) is 0 Å². The second-order valence-corrected chi connectivity index (χ2v) is 9.19. The van der Waals surface area contributed by atoms with Crippen LogP contribution in [0.25, 0.3) is 0 Å². The van der Waals surface area contributed by atoms with E-state index in [1.807, 2.05) is 41.8 Å². The quantitative estimate of drug-likeness (QED) is 0.554. The lowest BCUT2D eigenvalue weighted by molar-refractivity contribution is -0.119. The maximum Gasteiger partial charge on any atom is 0.231 e. The fraction of sp³-hybridized carbons (Fsp3) is 0.278. The Hall–Kier alpha value is -1.90. The van der Waals surface area contributed by atoms with Crippen LogP contribution in [0, 0.1) is 0 Å². The summed E-state index contributed by atoms with van der Waals surface area (Å²) in [7, 11) is 0. The minimum Gasteiger partial charge on any atom is -0.357 e. The van der Waals surface area contributed by atoms with Gasteiger partial charge in [-0.25, -0.2) is 0 Å². The second-order valence-electron chi connectivity index (χ2n) is 6.01. The number of amides is 1. The zero-order valence-corrected chi connectivity index (χ0v) is 16.4. The number of benzene rings is 1. The van der Waals surface area contributed by atoms with Gasteiger partial charge in [-0.1, -0.05) is 59.5 Å². The summed E-state index contributed by atoms with van der Waals surface area (Å²) in [6, 6.07) is 14.5. The van der Waals surface area contributed by atoms with Crippen molar-refractivity contribution in [2.75, 3.05) is 11.1 Å². The molecule has 1 aromatic carbocycles. The van der Waals surface area contributed by atoms with Crippen LogP contribution in [0.15, 0.2) is 52.2 Å². The predicted molar refractivity (Wildman–Crippen MR) is 108 cm³/mol. The zero-order valence-electron chi connectivity index (χ0n) is 13.9. The second kappa shape index (κ2) is 8.20. The van der Waals surface area contributed by atoms with Gasteiger partial charge in [0.1, 0.15) is 0 Å². The molecule has 1 amide bonds. The number of aromatic nitrogens is 2. The minimum absolute atomic E-state index is 0.0100. The summed E-state index contributed by atoms with van der Waals surface area (Å²) in [6.07, 6.45) is 2.40.